The Morgan fingerprint density at radius 2 is 2.31 bits per heavy atom. The Morgan fingerprint density at radius 1 is 1.44 bits per heavy atom. The average molecular weight is 227 g/mol. The predicted molar refractivity (Wildman–Crippen MR) is 60.9 cm³/mol. The molecule has 0 amide bonds. The number of aromatic nitrogens is 2. The lowest BCUT2D eigenvalue weighted by Crippen LogP contribution is -2.12. The lowest BCUT2D eigenvalue weighted by Gasteiger charge is -2.06. The van der Waals surface area contributed by atoms with Crippen LogP contribution in [0.5, 0.6) is 0 Å². The minimum absolute atomic E-state index is 0.0604. The van der Waals surface area contributed by atoms with Crippen molar-refractivity contribution in [3.63, 3.8) is 0 Å². The van der Waals surface area contributed by atoms with E-state index in [4.69, 9.17) is 15.7 Å². The van der Waals surface area contributed by atoms with E-state index in [1.165, 1.54) is 0 Å². The van der Waals surface area contributed by atoms with E-state index in [2.05, 4.69) is 20.7 Å². The quantitative estimate of drug-likeness (QED) is 0.271. The summed E-state index contributed by atoms with van der Waals surface area (Å²) >= 11 is 0. The summed E-state index contributed by atoms with van der Waals surface area (Å²) in [6.07, 6.45) is 2.46. The normalized spacial score (nSPS) is 10.1. The third kappa shape index (κ3) is 4.87. The number of nitrogens with two attached hydrogens (primary N) is 1. The van der Waals surface area contributed by atoms with Crippen molar-refractivity contribution in [2.45, 2.75) is 6.42 Å². The highest BCUT2D eigenvalue weighted by Gasteiger charge is 1.96. The largest absolute Gasteiger partial charge is 0.394 e. The van der Waals surface area contributed by atoms with Gasteiger partial charge in [-0.2, -0.15) is 4.98 Å². The molecule has 1 rings (SSSR count). The number of nitrogens with zero attached hydrogens (tertiary/aromatic N) is 2. The maximum atomic E-state index is 8.48. The highest BCUT2D eigenvalue weighted by Crippen LogP contribution is 2.03. The first kappa shape index (κ1) is 12.6. The van der Waals surface area contributed by atoms with Crippen LogP contribution in [0.15, 0.2) is 12.3 Å². The van der Waals surface area contributed by atoms with E-state index in [-0.39, 0.29) is 6.61 Å². The molecule has 5 N–H and O–H groups in total. The molecule has 1 heterocycles. The topological polar surface area (TPSA) is 105 Å². The minimum atomic E-state index is 0.0604. The number of nitrogens with one attached hydrogen (secondary N) is 2. The summed E-state index contributed by atoms with van der Waals surface area (Å²) < 4.78 is 5.11. The highest BCUT2D eigenvalue weighted by atomic mass is 16.5. The molecule has 0 fully saturated rings. The van der Waals surface area contributed by atoms with Gasteiger partial charge < -0.3 is 15.2 Å². The van der Waals surface area contributed by atoms with Crippen molar-refractivity contribution in [3.8, 4) is 0 Å². The Labute approximate surface area is 94.0 Å². The van der Waals surface area contributed by atoms with Gasteiger partial charge in [0.2, 0.25) is 5.95 Å². The first-order valence-electron chi connectivity index (χ1n) is 5.09. The van der Waals surface area contributed by atoms with Crippen LogP contribution < -0.4 is 16.6 Å². The van der Waals surface area contributed by atoms with Gasteiger partial charge in [-0.15, -0.1) is 0 Å². The van der Waals surface area contributed by atoms with Crippen LogP contribution >= 0.6 is 0 Å². The molecule has 0 unspecified atom stereocenters. The molecule has 0 aromatic carbocycles. The molecule has 0 saturated heterocycles. The third-order valence-corrected chi connectivity index (χ3v) is 1.79. The van der Waals surface area contributed by atoms with Gasteiger partial charge in [-0.1, -0.05) is 0 Å². The van der Waals surface area contributed by atoms with Crippen molar-refractivity contribution in [1.82, 2.24) is 9.97 Å². The molecule has 0 aliphatic rings. The maximum Gasteiger partial charge on any atom is 0.239 e. The molecular formula is C9H17N5O2. The second kappa shape index (κ2) is 7.80. The summed E-state index contributed by atoms with van der Waals surface area (Å²) in [5.74, 6) is 6.27. The number of nitrogen functional groups attached to an aromatic ring is 1. The summed E-state index contributed by atoms with van der Waals surface area (Å²) in [6.45, 7) is 1.80. The second-order valence-corrected chi connectivity index (χ2v) is 3.03. The van der Waals surface area contributed by atoms with Gasteiger partial charge in [-0.3, -0.25) is 5.43 Å². The average Bonchev–Trinajstić information content (AvgIpc) is 2.34. The van der Waals surface area contributed by atoms with Crippen LogP contribution in [0.1, 0.15) is 6.42 Å². The fourth-order valence-electron chi connectivity index (χ4n) is 1.08. The number of hydrazine groups is 1. The Balaban J connectivity index is 2.16. The Kier molecular flexibility index (Phi) is 6.16. The monoisotopic (exact) mass is 227 g/mol. The Bertz CT molecular complexity index is 297. The molecule has 1 aromatic rings. The molecule has 0 atom stereocenters. The molecule has 0 saturated carbocycles. The fraction of sp³-hybridized carbons (Fsp3) is 0.556. The van der Waals surface area contributed by atoms with Gasteiger partial charge in [0.05, 0.1) is 13.2 Å². The minimum Gasteiger partial charge on any atom is -0.394 e. The molecule has 7 heteroatoms. The van der Waals surface area contributed by atoms with Crippen LogP contribution in [-0.2, 0) is 4.74 Å². The summed E-state index contributed by atoms with van der Waals surface area (Å²) in [5, 5.41) is 11.6. The number of aliphatic hydroxyl groups excluding tert-OH is 1. The molecule has 1 aromatic heterocycles. The molecule has 7 nitrogen and oxygen atoms in total. The van der Waals surface area contributed by atoms with Gasteiger partial charge in [0, 0.05) is 19.3 Å². The van der Waals surface area contributed by atoms with E-state index in [9.17, 15) is 0 Å². The van der Waals surface area contributed by atoms with Crippen molar-refractivity contribution in [2.75, 3.05) is 37.1 Å². The SMILES string of the molecule is NNc1nccc(NCCCOCCO)n1. The standard InChI is InChI=1S/C9H17N5O2/c10-14-9-12-4-2-8(13-9)11-3-1-6-16-7-5-15/h2,4,15H,1,3,5-7,10H2,(H2,11,12,13,14). The van der Waals surface area contributed by atoms with E-state index in [1.807, 2.05) is 0 Å². The number of ether oxygens (including phenoxy) is 1. The van der Waals surface area contributed by atoms with E-state index in [1.54, 1.807) is 12.3 Å². The lowest BCUT2D eigenvalue weighted by molar-refractivity contribution is 0.0922. The summed E-state index contributed by atoms with van der Waals surface area (Å²) in [6, 6.07) is 1.76. The van der Waals surface area contributed by atoms with Gasteiger partial charge in [-0.25, -0.2) is 10.8 Å². The van der Waals surface area contributed by atoms with Crippen LogP contribution in [0, 0.1) is 0 Å². The van der Waals surface area contributed by atoms with Crippen LogP contribution in [0.4, 0.5) is 11.8 Å². The Hall–Kier alpha value is -1.44. The van der Waals surface area contributed by atoms with E-state index in [0.717, 1.165) is 13.0 Å². The van der Waals surface area contributed by atoms with Crippen molar-refractivity contribution in [3.05, 3.63) is 12.3 Å². The molecule has 0 aliphatic heterocycles. The van der Waals surface area contributed by atoms with E-state index in [0.29, 0.717) is 25.0 Å². The highest BCUT2D eigenvalue weighted by molar-refractivity contribution is 5.38. The maximum absolute atomic E-state index is 8.48. The zero-order chi connectivity index (χ0) is 11.6. The second-order valence-electron chi connectivity index (χ2n) is 3.03. The van der Waals surface area contributed by atoms with Gasteiger partial charge >= 0.3 is 0 Å². The molecule has 90 valence electrons. The van der Waals surface area contributed by atoms with Gasteiger partial charge in [0.1, 0.15) is 5.82 Å². The van der Waals surface area contributed by atoms with Gasteiger partial charge in [0.25, 0.3) is 0 Å². The molecule has 0 aliphatic carbocycles. The summed E-state index contributed by atoms with van der Waals surface area (Å²) in [5.41, 5.74) is 2.37. The number of aliphatic hydroxyl groups is 1. The number of rotatable bonds is 8. The molecular weight excluding hydrogens is 210 g/mol. The number of anilines is 2. The first-order chi connectivity index (χ1) is 7.86. The van der Waals surface area contributed by atoms with Crippen molar-refractivity contribution < 1.29 is 9.84 Å². The zero-order valence-electron chi connectivity index (χ0n) is 9.02. The molecule has 0 bridgehead atoms. The molecule has 16 heavy (non-hydrogen) atoms. The number of hydrogen-bond acceptors (Lipinski definition) is 7. The van der Waals surface area contributed by atoms with Crippen molar-refractivity contribution in [1.29, 1.82) is 0 Å². The molecule has 0 radical (unpaired) electrons. The number of hydrogen-bond donors (Lipinski definition) is 4. The smallest absolute Gasteiger partial charge is 0.239 e. The predicted octanol–water partition coefficient (Wildman–Crippen LogP) is -0.427. The van der Waals surface area contributed by atoms with Crippen LogP contribution in [0.2, 0.25) is 0 Å². The third-order valence-electron chi connectivity index (χ3n) is 1.79. The molecule has 0 spiro atoms. The van der Waals surface area contributed by atoms with Crippen LogP contribution in [-0.4, -0.2) is 41.4 Å². The van der Waals surface area contributed by atoms with E-state index < -0.39 is 0 Å². The van der Waals surface area contributed by atoms with Gasteiger partial charge in [-0.05, 0) is 12.5 Å². The Morgan fingerprint density at radius 3 is 3.06 bits per heavy atom. The summed E-state index contributed by atoms with van der Waals surface area (Å²) in [7, 11) is 0. The van der Waals surface area contributed by atoms with Crippen LogP contribution in [0.3, 0.4) is 0 Å². The summed E-state index contributed by atoms with van der Waals surface area (Å²) in [4.78, 5) is 7.97. The lowest BCUT2D eigenvalue weighted by atomic mass is 10.4. The van der Waals surface area contributed by atoms with Gasteiger partial charge in [0.15, 0.2) is 0 Å². The van der Waals surface area contributed by atoms with E-state index >= 15 is 0 Å². The zero-order valence-corrected chi connectivity index (χ0v) is 9.02. The first-order valence-corrected chi connectivity index (χ1v) is 5.09. The van der Waals surface area contributed by atoms with Crippen molar-refractivity contribution >= 4 is 11.8 Å². The fourth-order valence-corrected chi connectivity index (χ4v) is 1.08. The van der Waals surface area contributed by atoms with Crippen LogP contribution in [0.25, 0.3) is 0 Å². The van der Waals surface area contributed by atoms with Crippen molar-refractivity contribution in [2.24, 2.45) is 5.84 Å².